The second kappa shape index (κ2) is 4.01. The third kappa shape index (κ3) is 1.87. The van der Waals surface area contributed by atoms with E-state index >= 15 is 0 Å². The Bertz CT molecular complexity index is 672. The van der Waals surface area contributed by atoms with Crippen molar-refractivity contribution < 1.29 is 0 Å². The number of nitrogens with one attached hydrogen (secondary N) is 1. The summed E-state index contributed by atoms with van der Waals surface area (Å²) in [5.41, 5.74) is 8.29. The van der Waals surface area contributed by atoms with Crippen LogP contribution >= 0.6 is 23.1 Å². The minimum atomic E-state index is 0.404. The summed E-state index contributed by atoms with van der Waals surface area (Å²) in [6.45, 7) is 2.08. The Hall–Kier alpha value is -1.60. The van der Waals surface area contributed by atoms with Crippen molar-refractivity contribution in [3.05, 3.63) is 23.3 Å². The molecule has 3 aromatic heterocycles. The van der Waals surface area contributed by atoms with Crippen molar-refractivity contribution in [1.29, 1.82) is 0 Å². The molecular weight excluding hydrogens is 254 g/mol. The number of aromatic nitrogens is 4. The molecular formula is C10H9N5S2. The Morgan fingerprint density at radius 3 is 3.00 bits per heavy atom. The lowest BCUT2D eigenvalue weighted by Crippen LogP contribution is -1.91. The lowest BCUT2D eigenvalue weighted by atomic mass is 10.4. The molecule has 0 aliphatic heterocycles. The van der Waals surface area contributed by atoms with E-state index in [2.05, 4.69) is 38.3 Å². The van der Waals surface area contributed by atoms with Crippen LogP contribution in [0.2, 0.25) is 0 Å². The third-order valence-electron chi connectivity index (χ3n) is 2.29. The maximum Gasteiger partial charge on any atom is 0.173 e. The number of H-pyrrole nitrogens is 1. The fourth-order valence-electron chi connectivity index (χ4n) is 1.42. The zero-order valence-electron chi connectivity index (χ0n) is 8.97. The first-order valence-electron chi connectivity index (χ1n) is 4.92. The van der Waals surface area contributed by atoms with Crippen LogP contribution in [-0.4, -0.2) is 19.9 Å². The van der Waals surface area contributed by atoms with E-state index < -0.39 is 0 Å². The van der Waals surface area contributed by atoms with Gasteiger partial charge in [-0.15, -0.1) is 11.3 Å². The number of nitrogen functional groups attached to an aromatic ring is 1. The highest BCUT2D eigenvalue weighted by atomic mass is 32.2. The number of fused-ring (bicyclic) bond motifs is 1. The van der Waals surface area contributed by atoms with Gasteiger partial charge in [0.05, 0.1) is 4.21 Å². The van der Waals surface area contributed by atoms with Gasteiger partial charge in [0.15, 0.2) is 22.1 Å². The highest BCUT2D eigenvalue weighted by molar-refractivity contribution is 8.01. The predicted octanol–water partition coefficient (Wildman–Crippen LogP) is 2.46. The highest BCUT2D eigenvalue weighted by Crippen LogP contribution is 2.33. The van der Waals surface area contributed by atoms with Gasteiger partial charge in [0.2, 0.25) is 0 Å². The molecule has 0 aromatic carbocycles. The van der Waals surface area contributed by atoms with Crippen LogP contribution < -0.4 is 5.73 Å². The third-order valence-corrected chi connectivity index (χ3v) is 4.53. The standard InChI is InChI=1S/C10H9N5S2/c1-5-2-3-16-9(5)17-10-14-6-7(11)12-4-13-8(6)15-10/h2-4H,1H3,(H3,11,12,13,14,15). The molecule has 0 aliphatic carbocycles. The molecule has 0 radical (unpaired) electrons. The lowest BCUT2D eigenvalue weighted by Gasteiger charge is -1.93. The topological polar surface area (TPSA) is 80.5 Å². The smallest absolute Gasteiger partial charge is 0.173 e. The Balaban J connectivity index is 2.02. The van der Waals surface area contributed by atoms with E-state index in [0.29, 0.717) is 17.0 Å². The average molecular weight is 263 g/mol. The molecule has 5 nitrogen and oxygen atoms in total. The number of hydrogen-bond acceptors (Lipinski definition) is 6. The Kier molecular flexibility index (Phi) is 2.49. The molecule has 0 atom stereocenters. The normalized spacial score (nSPS) is 11.1. The Labute approximate surface area is 106 Å². The van der Waals surface area contributed by atoms with Crippen molar-refractivity contribution in [3.8, 4) is 0 Å². The predicted molar refractivity (Wildman–Crippen MR) is 69.3 cm³/mol. The van der Waals surface area contributed by atoms with Crippen molar-refractivity contribution in [1.82, 2.24) is 19.9 Å². The molecule has 3 aromatic rings. The minimum absolute atomic E-state index is 0.404. The molecule has 0 saturated carbocycles. The van der Waals surface area contributed by atoms with Gasteiger partial charge >= 0.3 is 0 Å². The summed E-state index contributed by atoms with van der Waals surface area (Å²) < 4.78 is 1.22. The first kappa shape index (κ1) is 10.5. The minimum Gasteiger partial charge on any atom is -0.382 e. The highest BCUT2D eigenvalue weighted by Gasteiger charge is 2.10. The van der Waals surface area contributed by atoms with Gasteiger partial charge in [-0.25, -0.2) is 15.0 Å². The van der Waals surface area contributed by atoms with E-state index in [1.54, 1.807) is 23.1 Å². The summed E-state index contributed by atoms with van der Waals surface area (Å²) in [6.07, 6.45) is 1.43. The van der Waals surface area contributed by atoms with Gasteiger partial charge in [-0.2, -0.15) is 0 Å². The van der Waals surface area contributed by atoms with Gasteiger partial charge in [0.1, 0.15) is 6.33 Å². The summed E-state index contributed by atoms with van der Waals surface area (Å²) in [5.74, 6) is 0.404. The molecule has 86 valence electrons. The second-order valence-corrected chi connectivity index (χ2v) is 5.66. The van der Waals surface area contributed by atoms with Crippen LogP contribution in [0, 0.1) is 6.92 Å². The molecule has 0 spiro atoms. The van der Waals surface area contributed by atoms with Crippen molar-refractivity contribution in [2.75, 3.05) is 5.73 Å². The molecule has 0 fully saturated rings. The van der Waals surface area contributed by atoms with Gasteiger partial charge in [-0.1, -0.05) is 0 Å². The first-order valence-corrected chi connectivity index (χ1v) is 6.62. The average Bonchev–Trinajstić information content (AvgIpc) is 2.87. The van der Waals surface area contributed by atoms with E-state index in [9.17, 15) is 0 Å². The Morgan fingerprint density at radius 2 is 2.29 bits per heavy atom. The number of hydrogen-bond donors (Lipinski definition) is 2. The molecule has 0 amide bonds. The quantitative estimate of drug-likeness (QED) is 0.742. The maximum atomic E-state index is 5.73. The zero-order valence-corrected chi connectivity index (χ0v) is 10.6. The fourth-order valence-corrected chi connectivity index (χ4v) is 3.36. The number of aryl methyl sites for hydroxylation is 1. The van der Waals surface area contributed by atoms with E-state index in [1.807, 2.05) is 0 Å². The maximum absolute atomic E-state index is 5.73. The molecule has 0 aliphatic rings. The van der Waals surface area contributed by atoms with Crippen LogP contribution in [0.1, 0.15) is 5.56 Å². The van der Waals surface area contributed by atoms with Crippen molar-refractivity contribution in [2.45, 2.75) is 16.3 Å². The second-order valence-electron chi connectivity index (χ2n) is 3.49. The van der Waals surface area contributed by atoms with Gasteiger partial charge in [0, 0.05) is 0 Å². The number of anilines is 1. The van der Waals surface area contributed by atoms with Crippen LogP contribution in [0.15, 0.2) is 27.1 Å². The van der Waals surface area contributed by atoms with Crippen molar-refractivity contribution in [2.24, 2.45) is 0 Å². The number of aromatic amines is 1. The number of imidazole rings is 1. The van der Waals surface area contributed by atoms with Gasteiger partial charge in [-0.3, -0.25) is 0 Å². The van der Waals surface area contributed by atoms with Gasteiger partial charge in [-0.05, 0) is 35.7 Å². The molecule has 3 heterocycles. The molecule has 3 N–H and O–H groups in total. The van der Waals surface area contributed by atoms with Gasteiger partial charge in [0.25, 0.3) is 0 Å². The summed E-state index contributed by atoms with van der Waals surface area (Å²) in [5, 5.41) is 2.85. The Morgan fingerprint density at radius 1 is 1.41 bits per heavy atom. The molecule has 17 heavy (non-hydrogen) atoms. The number of nitrogens with zero attached hydrogens (tertiary/aromatic N) is 3. The SMILES string of the molecule is Cc1ccsc1Sc1nc2c(N)ncnc2[nH]1. The van der Waals surface area contributed by atoms with Crippen LogP contribution in [0.5, 0.6) is 0 Å². The molecule has 0 bridgehead atoms. The summed E-state index contributed by atoms with van der Waals surface area (Å²) in [6, 6.07) is 2.09. The van der Waals surface area contributed by atoms with E-state index in [-0.39, 0.29) is 0 Å². The van der Waals surface area contributed by atoms with Gasteiger partial charge < -0.3 is 10.7 Å². The van der Waals surface area contributed by atoms with E-state index in [1.165, 1.54) is 16.1 Å². The fraction of sp³-hybridized carbons (Fsp3) is 0.100. The largest absolute Gasteiger partial charge is 0.382 e. The molecule has 0 saturated heterocycles. The zero-order chi connectivity index (χ0) is 11.8. The van der Waals surface area contributed by atoms with E-state index in [0.717, 1.165) is 5.16 Å². The first-order chi connectivity index (χ1) is 8.24. The summed E-state index contributed by atoms with van der Waals surface area (Å²) in [7, 11) is 0. The molecule has 3 rings (SSSR count). The van der Waals surface area contributed by atoms with Crippen molar-refractivity contribution in [3.63, 3.8) is 0 Å². The van der Waals surface area contributed by atoms with E-state index in [4.69, 9.17) is 5.73 Å². The van der Waals surface area contributed by atoms with Crippen LogP contribution in [0.25, 0.3) is 11.2 Å². The van der Waals surface area contributed by atoms with Crippen molar-refractivity contribution >= 4 is 40.1 Å². The van der Waals surface area contributed by atoms with Crippen LogP contribution in [0.3, 0.4) is 0 Å². The monoisotopic (exact) mass is 263 g/mol. The number of rotatable bonds is 2. The van der Waals surface area contributed by atoms with Crippen LogP contribution in [-0.2, 0) is 0 Å². The lowest BCUT2D eigenvalue weighted by molar-refractivity contribution is 1.07. The number of thiophene rings is 1. The molecule has 7 heteroatoms. The number of nitrogens with two attached hydrogens (primary N) is 1. The van der Waals surface area contributed by atoms with Crippen LogP contribution in [0.4, 0.5) is 5.82 Å². The molecule has 0 unspecified atom stereocenters. The summed E-state index contributed by atoms with van der Waals surface area (Å²) >= 11 is 3.28. The summed E-state index contributed by atoms with van der Waals surface area (Å²) in [4.78, 5) is 15.5.